The molecule has 0 aliphatic heterocycles. The van der Waals surface area contributed by atoms with Crippen LogP contribution >= 0.6 is 15.9 Å². The van der Waals surface area contributed by atoms with Crippen LogP contribution in [-0.4, -0.2) is 15.5 Å². The van der Waals surface area contributed by atoms with Crippen molar-refractivity contribution in [3.63, 3.8) is 0 Å². The number of benzene rings is 1. The van der Waals surface area contributed by atoms with E-state index in [1.165, 1.54) is 10.1 Å². The lowest BCUT2D eigenvalue weighted by Crippen LogP contribution is -2.41. The van der Waals surface area contributed by atoms with E-state index in [0.29, 0.717) is 5.92 Å². The molecule has 1 aromatic heterocycles. The van der Waals surface area contributed by atoms with E-state index >= 15 is 0 Å². The first-order valence-corrected chi connectivity index (χ1v) is 8.67. The van der Waals surface area contributed by atoms with Gasteiger partial charge in [0.15, 0.2) is 0 Å². The molecule has 3 rings (SSSR count). The summed E-state index contributed by atoms with van der Waals surface area (Å²) in [5.74, 6) is -0.387. The van der Waals surface area contributed by atoms with Gasteiger partial charge in [0.1, 0.15) is 10.2 Å². The summed E-state index contributed by atoms with van der Waals surface area (Å²) in [4.78, 5) is 38.4. The van der Waals surface area contributed by atoms with Crippen LogP contribution in [0.4, 0.5) is 0 Å². The Morgan fingerprint density at radius 2 is 1.75 bits per heavy atom. The summed E-state index contributed by atoms with van der Waals surface area (Å²) in [5, 5.41) is 0. The first-order valence-electron chi connectivity index (χ1n) is 7.88. The Kier molecular flexibility index (Phi) is 4.71. The number of primary amides is 1. The molecule has 0 saturated heterocycles. The standard InChI is InChI=1S/C17H18BrN3O3/c18-13-14(15(19)22)20-17(24)21(16(13)23)12-8-6-11(7-9-12)10-4-2-1-3-5-10/h1-5,11-12H,6-9H2,(H2,19,22)(H,20,24). The number of nitrogens with zero attached hydrogens (tertiary/aromatic N) is 1. The largest absolute Gasteiger partial charge is 0.364 e. The highest BCUT2D eigenvalue weighted by Gasteiger charge is 2.27. The number of carbonyl (C=O) groups excluding carboxylic acids is 1. The van der Waals surface area contributed by atoms with Crippen LogP contribution in [0.3, 0.4) is 0 Å². The minimum absolute atomic E-state index is 0.0137. The Morgan fingerprint density at radius 3 is 2.33 bits per heavy atom. The van der Waals surface area contributed by atoms with Crippen molar-refractivity contribution in [1.29, 1.82) is 0 Å². The molecule has 0 atom stereocenters. The zero-order valence-corrected chi connectivity index (χ0v) is 14.6. The van der Waals surface area contributed by atoms with E-state index in [1.54, 1.807) is 0 Å². The zero-order valence-electron chi connectivity index (χ0n) is 13.0. The highest BCUT2D eigenvalue weighted by molar-refractivity contribution is 9.10. The zero-order chi connectivity index (χ0) is 17.3. The van der Waals surface area contributed by atoms with E-state index < -0.39 is 17.2 Å². The van der Waals surface area contributed by atoms with Gasteiger partial charge in [-0.2, -0.15) is 0 Å². The maximum Gasteiger partial charge on any atom is 0.329 e. The molecule has 2 aromatic rings. The van der Waals surface area contributed by atoms with Gasteiger partial charge in [-0.1, -0.05) is 30.3 Å². The first kappa shape index (κ1) is 16.7. The van der Waals surface area contributed by atoms with Crippen molar-refractivity contribution in [3.8, 4) is 0 Å². The highest BCUT2D eigenvalue weighted by Crippen LogP contribution is 2.37. The van der Waals surface area contributed by atoms with Crippen LogP contribution in [0.1, 0.15) is 53.7 Å². The van der Waals surface area contributed by atoms with Crippen LogP contribution in [0.15, 0.2) is 44.4 Å². The lowest BCUT2D eigenvalue weighted by Gasteiger charge is -2.29. The molecule has 126 valence electrons. The Morgan fingerprint density at radius 1 is 1.12 bits per heavy atom. The van der Waals surface area contributed by atoms with Crippen molar-refractivity contribution in [1.82, 2.24) is 9.55 Å². The van der Waals surface area contributed by atoms with Gasteiger partial charge >= 0.3 is 5.69 Å². The van der Waals surface area contributed by atoms with Crippen LogP contribution in [0.2, 0.25) is 0 Å². The van der Waals surface area contributed by atoms with Crippen molar-refractivity contribution in [2.24, 2.45) is 5.73 Å². The predicted octanol–water partition coefficient (Wildman–Crippen LogP) is 2.30. The van der Waals surface area contributed by atoms with Crippen molar-refractivity contribution in [2.75, 3.05) is 0 Å². The molecule has 0 spiro atoms. The molecular weight excluding hydrogens is 374 g/mol. The molecule has 0 radical (unpaired) electrons. The van der Waals surface area contributed by atoms with E-state index in [9.17, 15) is 14.4 Å². The van der Waals surface area contributed by atoms with Gasteiger partial charge in [-0.05, 0) is 53.1 Å². The van der Waals surface area contributed by atoms with Crippen molar-refractivity contribution in [3.05, 3.63) is 66.9 Å². The summed E-state index contributed by atoms with van der Waals surface area (Å²) in [6.07, 6.45) is 3.31. The summed E-state index contributed by atoms with van der Waals surface area (Å²) in [7, 11) is 0. The van der Waals surface area contributed by atoms with Crippen LogP contribution in [0, 0.1) is 0 Å². The van der Waals surface area contributed by atoms with Crippen molar-refractivity contribution < 1.29 is 4.79 Å². The Balaban J connectivity index is 1.85. The third-order valence-corrected chi connectivity index (χ3v) is 5.39. The number of nitrogens with one attached hydrogen (secondary N) is 1. The summed E-state index contributed by atoms with van der Waals surface area (Å²) < 4.78 is 1.22. The molecule has 1 heterocycles. The highest BCUT2D eigenvalue weighted by atomic mass is 79.9. The van der Waals surface area contributed by atoms with E-state index in [0.717, 1.165) is 25.7 Å². The number of carbonyl (C=O) groups is 1. The quantitative estimate of drug-likeness (QED) is 0.839. The topological polar surface area (TPSA) is 97.9 Å². The van der Waals surface area contributed by atoms with Crippen LogP contribution in [0.5, 0.6) is 0 Å². The number of hydrogen-bond acceptors (Lipinski definition) is 3. The fraction of sp³-hybridized carbons (Fsp3) is 0.353. The number of hydrogen-bond donors (Lipinski definition) is 2. The average molecular weight is 392 g/mol. The number of aromatic amines is 1. The Labute approximate surface area is 146 Å². The first-order chi connectivity index (χ1) is 11.5. The molecule has 24 heavy (non-hydrogen) atoms. The van der Waals surface area contributed by atoms with Gasteiger partial charge in [0, 0.05) is 6.04 Å². The minimum atomic E-state index is -0.837. The van der Waals surface area contributed by atoms with Crippen LogP contribution < -0.4 is 17.0 Å². The van der Waals surface area contributed by atoms with Gasteiger partial charge in [0.05, 0.1) is 0 Å². The third-order valence-electron chi connectivity index (χ3n) is 4.66. The Bertz CT molecular complexity index is 865. The molecular formula is C17H18BrN3O3. The van der Waals surface area contributed by atoms with Gasteiger partial charge in [0.25, 0.3) is 11.5 Å². The molecule has 7 heteroatoms. The molecule has 0 unspecified atom stereocenters. The molecule has 1 aromatic carbocycles. The molecule has 3 N–H and O–H groups in total. The van der Waals surface area contributed by atoms with E-state index in [1.807, 2.05) is 18.2 Å². The number of halogens is 1. The molecule has 1 amide bonds. The van der Waals surface area contributed by atoms with Gasteiger partial charge < -0.3 is 10.7 Å². The van der Waals surface area contributed by atoms with Crippen LogP contribution in [0.25, 0.3) is 0 Å². The summed E-state index contributed by atoms with van der Waals surface area (Å²) >= 11 is 3.08. The summed E-state index contributed by atoms with van der Waals surface area (Å²) in [6, 6.07) is 10.1. The fourth-order valence-corrected chi connectivity index (χ4v) is 3.91. The third kappa shape index (κ3) is 3.08. The molecule has 0 bridgehead atoms. The smallest absolute Gasteiger partial charge is 0.329 e. The van der Waals surface area contributed by atoms with Crippen LogP contribution in [-0.2, 0) is 0 Å². The molecule has 1 aliphatic rings. The second kappa shape index (κ2) is 6.76. The second-order valence-corrected chi connectivity index (χ2v) is 6.87. The monoisotopic (exact) mass is 391 g/mol. The number of rotatable bonds is 3. The maximum atomic E-state index is 12.5. The minimum Gasteiger partial charge on any atom is -0.364 e. The number of H-pyrrole nitrogens is 1. The lowest BCUT2D eigenvalue weighted by molar-refractivity contribution is 0.0993. The molecule has 1 aliphatic carbocycles. The maximum absolute atomic E-state index is 12.5. The summed E-state index contributed by atoms with van der Waals surface area (Å²) in [6.45, 7) is 0. The van der Waals surface area contributed by atoms with Crippen molar-refractivity contribution >= 4 is 21.8 Å². The molecule has 1 fully saturated rings. The van der Waals surface area contributed by atoms with Gasteiger partial charge in [-0.15, -0.1) is 0 Å². The molecule has 1 saturated carbocycles. The Hall–Kier alpha value is -2.15. The number of aromatic nitrogens is 2. The fourth-order valence-electron chi connectivity index (χ4n) is 3.42. The van der Waals surface area contributed by atoms with Gasteiger partial charge in [-0.25, -0.2) is 4.79 Å². The predicted molar refractivity (Wildman–Crippen MR) is 94.2 cm³/mol. The average Bonchev–Trinajstić information content (AvgIpc) is 2.59. The van der Waals surface area contributed by atoms with E-state index in [2.05, 4.69) is 33.0 Å². The van der Waals surface area contributed by atoms with Crippen molar-refractivity contribution in [2.45, 2.75) is 37.6 Å². The molecule has 6 nitrogen and oxygen atoms in total. The number of amides is 1. The van der Waals surface area contributed by atoms with E-state index in [4.69, 9.17) is 5.73 Å². The second-order valence-electron chi connectivity index (χ2n) is 6.07. The van der Waals surface area contributed by atoms with Gasteiger partial charge in [0.2, 0.25) is 0 Å². The lowest BCUT2D eigenvalue weighted by atomic mass is 9.81. The summed E-state index contributed by atoms with van der Waals surface area (Å²) in [5.41, 5.74) is 5.20. The van der Waals surface area contributed by atoms with E-state index in [-0.39, 0.29) is 16.2 Å². The normalized spacial score (nSPS) is 20.7. The SMILES string of the molecule is NC(=O)c1[nH]c(=O)n(C2CCC(c3ccccc3)CC2)c(=O)c1Br. The van der Waals surface area contributed by atoms with Gasteiger partial charge in [-0.3, -0.25) is 14.2 Å². The number of nitrogens with two attached hydrogens (primary N) is 1.